The smallest absolute Gasteiger partial charge is 0.243 e. The summed E-state index contributed by atoms with van der Waals surface area (Å²) in [5.41, 5.74) is 2.31. The molecule has 168 valence electrons. The summed E-state index contributed by atoms with van der Waals surface area (Å²) >= 11 is 7.24. The number of benzene rings is 2. The number of fused-ring (bicyclic) bond motifs is 1. The number of thioether (sulfide) groups is 1. The molecule has 1 N–H and O–H groups in total. The highest BCUT2D eigenvalue weighted by Gasteiger charge is 2.27. The number of carbonyl (C=O) groups is 1. The number of amides is 1. The summed E-state index contributed by atoms with van der Waals surface area (Å²) in [6.45, 7) is 4.90. The number of aromatic nitrogens is 1. The van der Waals surface area contributed by atoms with Crippen LogP contribution in [0.1, 0.15) is 25.3 Å². The Balaban J connectivity index is 1.52. The van der Waals surface area contributed by atoms with Crippen LogP contribution in [-0.4, -0.2) is 42.0 Å². The van der Waals surface area contributed by atoms with Crippen LogP contribution in [0, 0.1) is 6.92 Å². The van der Waals surface area contributed by atoms with E-state index in [9.17, 15) is 13.2 Å². The van der Waals surface area contributed by atoms with E-state index in [-0.39, 0.29) is 11.2 Å². The average molecular weight is 490 g/mol. The van der Waals surface area contributed by atoms with Gasteiger partial charge in [0.05, 0.1) is 20.7 Å². The molecule has 0 spiro atoms. The highest BCUT2D eigenvalue weighted by molar-refractivity contribution is 8.00. The highest BCUT2D eigenvalue weighted by atomic mass is 35.5. The van der Waals surface area contributed by atoms with Gasteiger partial charge in [-0.05, 0) is 80.8 Å². The molecular weight excluding hydrogens is 466 g/mol. The van der Waals surface area contributed by atoms with Crippen molar-refractivity contribution >= 4 is 55.9 Å². The van der Waals surface area contributed by atoms with Crippen LogP contribution in [0.3, 0.4) is 0 Å². The molecule has 4 rings (SSSR count). The first kappa shape index (κ1) is 23.0. The number of rotatable bonds is 6. The summed E-state index contributed by atoms with van der Waals surface area (Å²) in [5.74, 6) is -0.135. The average Bonchev–Trinajstić information content (AvgIpc) is 3.31. The second-order valence-electron chi connectivity index (χ2n) is 7.82. The number of sulfonamides is 1. The maximum Gasteiger partial charge on any atom is 0.243 e. The number of anilines is 1. The van der Waals surface area contributed by atoms with Crippen molar-refractivity contribution in [2.45, 2.75) is 41.9 Å². The summed E-state index contributed by atoms with van der Waals surface area (Å²) in [6, 6.07) is 13.9. The van der Waals surface area contributed by atoms with Gasteiger partial charge < -0.3 is 5.32 Å². The molecule has 1 atom stereocenters. The van der Waals surface area contributed by atoms with Gasteiger partial charge in [0.2, 0.25) is 15.9 Å². The quantitative estimate of drug-likeness (QED) is 0.487. The van der Waals surface area contributed by atoms with E-state index < -0.39 is 10.0 Å². The number of pyridine rings is 1. The minimum absolute atomic E-state index is 0.135. The van der Waals surface area contributed by atoms with Crippen LogP contribution in [-0.2, 0) is 14.8 Å². The number of aryl methyl sites for hydroxylation is 1. The van der Waals surface area contributed by atoms with Crippen LogP contribution in [0.25, 0.3) is 10.9 Å². The van der Waals surface area contributed by atoms with Crippen LogP contribution in [0.15, 0.2) is 58.5 Å². The Morgan fingerprint density at radius 3 is 2.50 bits per heavy atom. The lowest BCUT2D eigenvalue weighted by Gasteiger charge is -2.16. The van der Waals surface area contributed by atoms with Gasteiger partial charge in [-0.2, -0.15) is 4.31 Å². The lowest BCUT2D eigenvalue weighted by Crippen LogP contribution is -2.27. The maximum absolute atomic E-state index is 12.9. The monoisotopic (exact) mass is 489 g/mol. The largest absolute Gasteiger partial charge is 0.325 e. The Hall–Kier alpha value is -2.13. The van der Waals surface area contributed by atoms with Crippen molar-refractivity contribution in [2.75, 3.05) is 18.4 Å². The lowest BCUT2D eigenvalue weighted by molar-refractivity contribution is -0.115. The van der Waals surface area contributed by atoms with Crippen LogP contribution in [0.5, 0.6) is 0 Å². The Bertz CT molecular complexity index is 1260. The third kappa shape index (κ3) is 4.93. The van der Waals surface area contributed by atoms with Crippen LogP contribution < -0.4 is 5.32 Å². The van der Waals surface area contributed by atoms with E-state index in [0.29, 0.717) is 39.2 Å². The van der Waals surface area contributed by atoms with Gasteiger partial charge in [-0.15, -0.1) is 0 Å². The van der Waals surface area contributed by atoms with E-state index in [1.165, 1.54) is 11.8 Å². The van der Waals surface area contributed by atoms with E-state index in [4.69, 9.17) is 11.6 Å². The maximum atomic E-state index is 12.9. The molecule has 0 saturated carbocycles. The Kier molecular flexibility index (Phi) is 6.76. The minimum Gasteiger partial charge on any atom is -0.325 e. The van der Waals surface area contributed by atoms with Crippen molar-refractivity contribution in [3.8, 4) is 0 Å². The van der Waals surface area contributed by atoms with E-state index >= 15 is 0 Å². The molecule has 1 aliphatic heterocycles. The standard InChI is InChI=1S/C23H24ClN3O3S2/c1-15-13-22(31-16(2)23(28)25-18-7-5-17(24)6-8-18)26-21-10-9-19(14-20(15)21)32(29,30)27-11-3-4-12-27/h5-10,13-14,16H,3-4,11-12H2,1-2H3,(H,25,28)/t16-/m0/s1. The summed E-state index contributed by atoms with van der Waals surface area (Å²) in [7, 11) is -3.48. The van der Waals surface area contributed by atoms with Crippen LogP contribution >= 0.6 is 23.4 Å². The van der Waals surface area contributed by atoms with E-state index in [1.807, 2.05) is 19.9 Å². The number of halogens is 1. The molecule has 2 heterocycles. The number of nitrogens with one attached hydrogen (secondary N) is 1. The molecule has 0 bridgehead atoms. The molecule has 1 aromatic heterocycles. The number of hydrogen-bond donors (Lipinski definition) is 1. The molecule has 2 aromatic carbocycles. The molecule has 1 saturated heterocycles. The summed E-state index contributed by atoms with van der Waals surface area (Å²) in [4.78, 5) is 17.5. The molecule has 32 heavy (non-hydrogen) atoms. The number of carbonyl (C=O) groups excluding carboxylic acids is 1. The third-order valence-electron chi connectivity index (χ3n) is 5.44. The number of hydrogen-bond acceptors (Lipinski definition) is 5. The Morgan fingerprint density at radius 1 is 1.12 bits per heavy atom. The topological polar surface area (TPSA) is 79.4 Å². The molecule has 1 amide bonds. The summed E-state index contributed by atoms with van der Waals surface area (Å²) in [6.07, 6.45) is 1.80. The van der Waals surface area contributed by atoms with Gasteiger partial charge >= 0.3 is 0 Å². The molecule has 0 radical (unpaired) electrons. The van der Waals surface area contributed by atoms with Crippen LogP contribution in [0.2, 0.25) is 5.02 Å². The van der Waals surface area contributed by atoms with Gasteiger partial charge in [0.1, 0.15) is 0 Å². The van der Waals surface area contributed by atoms with Gasteiger partial charge in [-0.25, -0.2) is 13.4 Å². The molecule has 1 aliphatic rings. The van der Waals surface area contributed by atoms with Crippen LogP contribution in [0.4, 0.5) is 5.69 Å². The van der Waals surface area contributed by atoms with Crippen molar-refractivity contribution in [3.63, 3.8) is 0 Å². The highest BCUT2D eigenvalue weighted by Crippen LogP contribution is 2.30. The molecule has 3 aromatic rings. The predicted octanol–water partition coefficient (Wildman–Crippen LogP) is 5.10. The molecule has 0 aliphatic carbocycles. The Labute approximate surface area is 197 Å². The molecular formula is C23H24ClN3O3S2. The van der Waals surface area contributed by atoms with E-state index in [1.54, 1.807) is 46.8 Å². The minimum atomic E-state index is -3.48. The normalized spacial score (nSPS) is 15.7. The van der Waals surface area contributed by atoms with Crippen molar-refractivity contribution in [3.05, 3.63) is 59.1 Å². The van der Waals surface area contributed by atoms with E-state index in [2.05, 4.69) is 10.3 Å². The first-order chi connectivity index (χ1) is 15.2. The summed E-state index contributed by atoms with van der Waals surface area (Å²) in [5, 5.41) is 4.62. The molecule has 6 nitrogen and oxygen atoms in total. The van der Waals surface area contributed by atoms with Crippen molar-refractivity contribution < 1.29 is 13.2 Å². The third-order valence-corrected chi connectivity index (χ3v) is 8.61. The van der Waals surface area contributed by atoms with Gasteiger partial charge in [0, 0.05) is 29.2 Å². The van der Waals surface area contributed by atoms with Gasteiger partial charge in [-0.3, -0.25) is 4.79 Å². The SMILES string of the molecule is Cc1cc(S[C@@H](C)C(=O)Nc2ccc(Cl)cc2)nc2ccc(S(=O)(=O)N3CCCC3)cc12. The Morgan fingerprint density at radius 2 is 1.81 bits per heavy atom. The summed E-state index contributed by atoms with van der Waals surface area (Å²) < 4.78 is 27.3. The van der Waals surface area contributed by atoms with Gasteiger partial charge in [0.25, 0.3) is 0 Å². The molecule has 0 unspecified atom stereocenters. The second kappa shape index (κ2) is 9.39. The molecule has 1 fully saturated rings. The fraction of sp³-hybridized carbons (Fsp3) is 0.304. The zero-order valence-electron chi connectivity index (χ0n) is 17.8. The van der Waals surface area contributed by atoms with Crippen molar-refractivity contribution in [2.24, 2.45) is 0 Å². The fourth-order valence-electron chi connectivity index (χ4n) is 3.65. The number of nitrogens with zero attached hydrogens (tertiary/aromatic N) is 2. The zero-order valence-corrected chi connectivity index (χ0v) is 20.2. The predicted molar refractivity (Wildman–Crippen MR) is 130 cm³/mol. The van der Waals surface area contributed by atoms with E-state index in [0.717, 1.165) is 23.8 Å². The lowest BCUT2D eigenvalue weighted by atomic mass is 10.1. The van der Waals surface area contributed by atoms with Gasteiger partial charge in [-0.1, -0.05) is 23.4 Å². The van der Waals surface area contributed by atoms with Crippen molar-refractivity contribution in [1.82, 2.24) is 9.29 Å². The van der Waals surface area contributed by atoms with Crippen molar-refractivity contribution in [1.29, 1.82) is 0 Å². The molecule has 9 heteroatoms. The fourth-order valence-corrected chi connectivity index (χ4v) is 6.25. The van der Waals surface area contributed by atoms with Gasteiger partial charge in [0.15, 0.2) is 0 Å². The second-order valence-corrected chi connectivity index (χ2v) is 11.6. The first-order valence-corrected chi connectivity index (χ1v) is 13.1. The first-order valence-electron chi connectivity index (χ1n) is 10.4. The zero-order chi connectivity index (χ0) is 22.9.